The molecule has 0 bridgehead atoms. The highest BCUT2D eigenvalue weighted by molar-refractivity contribution is 7.99. The Labute approximate surface area is 72.2 Å². The van der Waals surface area contributed by atoms with E-state index in [0.29, 0.717) is 0 Å². The molecule has 0 amide bonds. The van der Waals surface area contributed by atoms with E-state index in [2.05, 4.69) is 24.9 Å². The molecular formula is C9H13NS. The SMILES string of the molecule is CC(C)CSc1cccnc1. The first-order valence-electron chi connectivity index (χ1n) is 3.82. The summed E-state index contributed by atoms with van der Waals surface area (Å²) in [7, 11) is 0. The van der Waals surface area contributed by atoms with Gasteiger partial charge in [-0.25, -0.2) is 0 Å². The molecule has 0 saturated carbocycles. The fourth-order valence-electron chi connectivity index (χ4n) is 0.695. The Morgan fingerprint density at radius 2 is 2.36 bits per heavy atom. The van der Waals surface area contributed by atoms with Crippen molar-refractivity contribution in [3.8, 4) is 0 Å². The molecule has 0 aliphatic carbocycles. The Morgan fingerprint density at radius 1 is 1.55 bits per heavy atom. The van der Waals surface area contributed by atoms with Crippen LogP contribution >= 0.6 is 11.8 Å². The standard InChI is InChI=1S/C9H13NS/c1-8(2)7-11-9-4-3-5-10-6-9/h3-6,8H,7H2,1-2H3. The van der Waals surface area contributed by atoms with E-state index in [0.717, 1.165) is 5.92 Å². The van der Waals surface area contributed by atoms with Crippen LogP contribution in [0.5, 0.6) is 0 Å². The van der Waals surface area contributed by atoms with Crippen molar-refractivity contribution in [3.63, 3.8) is 0 Å². The van der Waals surface area contributed by atoms with E-state index in [4.69, 9.17) is 0 Å². The first-order valence-corrected chi connectivity index (χ1v) is 4.80. The van der Waals surface area contributed by atoms with Crippen LogP contribution in [-0.4, -0.2) is 10.7 Å². The molecule has 1 aromatic heterocycles. The molecule has 1 heterocycles. The van der Waals surface area contributed by atoms with E-state index in [1.807, 2.05) is 24.0 Å². The lowest BCUT2D eigenvalue weighted by atomic mass is 10.3. The van der Waals surface area contributed by atoms with Gasteiger partial charge in [0.2, 0.25) is 0 Å². The summed E-state index contributed by atoms with van der Waals surface area (Å²) in [5, 5.41) is 0. The highest BCUT2D eigenvalue weighted by Crippen LogP contribution is 2.18. The quantitative estimate of drug-likeness (QED) is 0.642. The largest absolute Gasteiger partial charge is 0.264 e. The zero-order chi connectivity index (χ0) is 8.10. The first-order chi connectivity index (χ1) is 5.29. The van der Waals surface area contributed by atoms with Gasteiger partial charge in [-0.1, -0.05) is 13.8 Å². The second kappa shape index (κ2) is 4.39. The maximum absolute atomic E-state index is 4.04. The molecule has 0 atom stereocenters. The second-order valence-corrected chi connectivity index (χ2v) is 3.99. The summed E-state index contributed by atoms with van der Waals surface area (Å²) in [5.41, 5.74) is 0. The van der Waals surface area contributed by atoms with Crippen LogP contribution < -0.4 is 0 Å². The van der Waals surface area contributed by atoms with Crippen molar-refractivity contribution in [2.75, 3.05) is 5.75 Å². The molecule has 0 aliphatic rings. The summed E-state index contributed by atoms with van der Waals surface area (Å²) in [6.07, 6.45) is 3.71. The van der Waals surface area contributed by atoms with Gasteiger partial charge in [0.15, 0.2) is 0 Å². The predicted molar refractivity (Wildman–Crippen MR) is 49.8 cm³/mol. The zero-order valence-corrected chi connectivity index (χ0v) is 7.77. The highest BCUT2D eigenvalue weighted by Gasteiger charge is 1.95. The monoisotopic (exact) mass is 167 g/mol. The van der Waals surface area contributed by atoms with Gasteiger partial charge >= 0.3 is 0 Å². The third-order valence-corrected chi connectivity index (χ3v) is 2.63. The minimum Gasteiger partial charge on any atom is -0.264 e. The van der Waals surface area contributed by atoms with Crippen LogP contribution in [0.15, 0.2) is 29.4 Å². The maximum atomic E-state index is 4.04. The van der Waals surface area contributed by atoms with Gasteiger partial charge in [0.05, 0.1) is 0 Å². The van der Waals surface area contributed by atoms with Crippen LogP contribution in [0.2, 0.25) is 0 Å². The van der Waals surface area contributed by atoms with Crippen molar-refractivity contribution in [1.82, 2.24) is 4.98 Å². The highest BCUT2D eigenvalue weighted by atomic mass is 32.2. The molecule has 1 nitrogen and oxygen atoms in total. The van der Waals surface area contributed by atoms with Crippen LogP contribution in [-0.2, 0) is 0 Å². The van der Waals surface area contributed by atoms with E-state index < -0.39 is 0 Å². The number of pyridine rings is 1. The topological polar surface area (TPSA) is 12.9 Å². The Morgan fingerprint density at radius 3 is 2.91 bits per heavy atom. The molecule has 1 rings (SSSR count). The summed E-state index contributed by atoms with van der Waals surface area (Å²) in [6, 6.07) is 4.07. The molecule has 0 unspecified atom stereocenters. The Balaban J connectivity index is 2.39. The molecule has 0 radical (unpaired) electrons. The van der Waals surface area contributed by atoms with Crippen molar-refractivity contribution in [2.45, 2.75) is 18.7 Å². The lowest BCUT2D eigenvalue weighted by molar-refractivity contribution is 0.750. The van der Waals surface area contributed by atoms with Gasteiger partial charge in [-0.2, -0.15) is 0 Å². The number of rotatable bonds is 3. The molecule has 0 aromatic carbocycles. The molecule has 0 N–H and O–H groups in total. The Hall–Kier alpha value is -0.500. The van der Waals surface area contributed by atoms with Gasteiger partial charge in [0, 0.05) is 23.0 Å². The van der Waals surface area contributed by atoms with Crippen molar-refractivity contribution < 1.29 is 0 Å². The van der Waals surface area contributed by atoms with Gasteiger partial charge in [-0.3, -0.25) is 4.98 Å². The van der Waals surface area contributed by atoms with Crippen LogP contribution in [0.3, 0.4) is 0 Å². The van der Waals surface area contributed by atoms with Gasteiger partial charge in [0.25, 0.3) is 0 Å². The zero-order valence-electron chi connectivity index (χ0n) is 6.95. The molecule has 60 valence electrons. The van der Waals surface area contributed by atoms with E-state index in [1.54, 1.807) is 6.20 Å². The van der Waals surface area contributed by atoms with Crippen molar-refractivity contribution >= 4 is 11.8 Å². The van der Waals surface area contributed by atoms with Gasteiger partial charge in [-0.05, 0) is 18.1 Å². The lowest BCUT2D eigenvalue weighted by Gasteiger charge is -2.02. The smallest absolute Gasteiger partial charge is 0.0403 e. The lowest BCUT2D eigenvalue weighted by Crippen LogP contribution is -1.89. The predicted octanol–water partition coefficient (Wildman–Crippen LogP) is 2.83. The third-order valence-electron chi connectivity index (χ3n) is 1.22. The minimum atomic E-state index is 0.750. The summed E-state index contributed by atoms with van der Waals surface area (Å²) in [4.78, 5) is 5.31. The first kappa shape index (κ1) is 8.60. The Kier molecular flexibility index (Phi) is 3.43. The minimum absolute atomic E-state index is 0.750. The van der Waals surface area contributed by atoms with Crippen LogP contribution in [0.4, 0.5) is 0 Å². The fourth-order valence-corrected chi connectivity index (χ4v) is 1.53. The fraction of sp³-hybridized carbons (Fsp3) is 0.444. The van der Waals surface area contributed by atoms with Gasteiger partial charge in [-0.15, -0.1) is 11.8 Å². The van der Waals surface area contributed by atoms with Crippen molar-refractivity contribution in [2.24, 2.45) is 5.92 Å². The van der Waals surface area contributed by atoms with E-state index in [-0.39, 0.29) is 0 Å². The van der Waals surface area contributed by atoms with Gasteiger partial charge in [0.1, 0.15) is 0 Å². The molecule has 0 aliphatic heterocycles. The normalized spacial score (nSPS) is 10.5. The number of aromatic nitrogens is 1. The maximum Gasteiger partial charge on any atom is 0.0403 e. The summed E-state index contributed by atoms with van der Waals surface area (Å²) in [6.45, 7) is 4.45. The molecule has 0 fully saturated rings. The number of nitrogens with zero attached hydrogens (tertiary/aromatic N) is 1. The third kappa shape index (κ3) is 3.42. The number of thioether (sulfide) groups is 1. The molecule has 1 aromatic rings. The number of hydrogen-bond donors (Lipinski definition) is 0. The average molecular weight is 167 g/mol. The molecular weight excluding hydrogens is 154 g/mol. The van der Waals surface area contributed by atoms with E-state index in [1.165, 1.54) is 10.6 Å². The summed E-state index contributed by atoms with van der Waals surface area (Å²) >= 11 is 1.87. The van der Waals surface area contributed by atoms with E-state index >= 15 is 0 Å². The summed E-state index contributed by atoms with van der Waals surface area (Å²) < 4.78 is 0. The number of hydrogen-bond acceptors (Lipinski definition) is 2. The average Bonchev–Trinajstić information content (AvgIpc) is 2.03. The van der Waals surface area contributed by atoms with Crippen molar-refractivity contribution in [1.29, 1.82) is 0 Å². The second-order valence-electron chi connectivity index (χ2n) is 2.89. The van der Waals surface area contributed by atoms with Crippen molar-refractivity contribution in [3.05, 3.63) is 24.5 Å². The van der Waals surface area contributed by atoms with Crippen LogP contribution in [0.25, 0.3) is 0 Å². The van der Waals surface area contributed by atoms with Crippen LogP contribution in [0.1, 0.15) is 13.8 Å². The van der Waals surface area contributed by atoms with Gasteiger partial charge < -0.3 is 0 Å². The molecule has 0 saturated heterocycles. The molecule has 0 spiro atoms. The Bertz CT molecular complexity index is 196. The molecule has 2 heteroatoms. The summed E-state index contributed by atoms with van der Waals surface area (Å²) in [5.74, 6) is 1.92. The van der Waals surface area contributed by atoms with Crippen LogP contribution in [0, 0.1) is 5.92 Å². The molecule has 11 heavy (non-hydrogen) atoms. The van der Waals surface area contributed by atoms with E-state index in [9.17, 15) is 0 Å².